The number of carbonyl (C=O) groups excluding carboxylic acids is 2. The molecule has 2 rings (SSSR count). The number of halogens is 1. The van der Waals surface area contributed by atoms with Crippen molar-refractivity contribution in [1.29, 1.82) is 0 Å². The highest BCUT2D eigenvalue weighted by Crippen LogP contribution is 2.11. The molecule has 1 heterocycles. The van der Waals surface area contributed by atoms with Crippen molar-refractivity contribution in [3.63, 3.8) is 0 Å². The molecule has 0 radical (unpaired) electrons. The molecular weight excluding hydrogens is 401 g/mol. The van der Waals surface area contributed by atoms with Gasteiger partial charge in [0.25, 0.3) is 5.91 Å². The van der Waals surface area contributed by atoms with Gasteiger partial charge in [0.2, 0.25) is 5.91 Å². The molecule has 0 bridgehead atoms. The number of rotatable bonds is 13. The van der Waals surface area contributed by atoms with Crippen molar-refractivity contribution in [2.45, 2.75) is 19.9 Å². The minimum atomic E-state index is -0.413. The largest absolute Gasteiger partial charge is 0.383 e. The summed E-state index contributed by atoms with van der Waals surface area (Å²) in [6.45, 7) is 4.51. The van der Waals surface area contributed by atoms with Gasteiger partial charge in [0, 0.05) is 57.9 Å². The minimum absolute atomic E-state index is 0.0729. The topological polar surface area (TPSA) is 64.0 Å². The van der Waals surface area contributed by atoms with Gasteiger partial charge in [-0.2, -0.15) is 0 Å². The molecule has 2 aromatic rings. The van der Waals surface area contributed by atoms with Gasteiger partial charge in [0.15, 0.2) is 0 Å². The Bertz CT molecular complexity index is 822. The van der Waals surface area contributed by atoms with Crippen LogP contribution in [0.2, 0.25) is 0 Å². The number of aryl methyl sites for hydroxylation is 1. The molecular formula is C23H32FN3O4. The molecule has 0 fully saturated rings. The quantitative estimate of drug-likeness (QED) is 0.456. The smallest absolute Gasteiger partial charge is 0.254 e. The van der Waals surface area contributed by atoms with Gasteiger partial charge >= 0.3 is 0 Å². The highest BCUT2D eigenvalue weighted by atomic mass is 19.1. The number of hydrogen-bond donors (Lipinski definition) is 0. The van der Waals surface area contributed by atoms with E-state index in [1.165, 1.54) is 29.2 Å². The Labute approximate surface area is 183 Å². The Balaban J connectivity index is 2.14. The van der Waals surface area contributed by atoms with Crippen molar-refractivity contribution < 1.29 is 23.5 Å². The molecule has 0 aliphatic carbocycles. The maximum atomic E-state index is 13.3. The summed E-state index contributed by atoms with van der Waals surface area (Å²) in [5, 5.41) is 0. The zero-order chi connectivity index (χ0) is 22.6. The van der Waals surface area contributed by atoms with Gasteiger partial charge in [-0.05, 0) is 49.7 Å². The Hall–Kier alpha value is -2.71. The predicted octanol–water partition coefficient (Wildman–Crippen LogP) is 2.71. The van der Waals surface area contributed by atoms with Gasteiger partial charge in [-0.25, -0.2) is 4.39 Å². The van der Waals surface area contributed by atoms with Crippen molar-refractivity contribution in [3.05, 3.63) is 59.7 Å². The summed E-state index contributed by atoms with van der Waals surface area (Å²) in [7, 11) is 3.51. The van der Waals surface area contributed by atoms with E-state index in [0.29, 0.717) is 51.4 Å². The molecule has 0 saturated carbocycles. The van der Waals surface area contributed by atoms with Gasteiger partial charge in [0.05, 0.1) is 13.2 Å². The molecule has 0 aliphatic heterocycles. The zero-order valence-electron chi connectivity index (χ0n) is 18.6. The van der Waals surface area contributed by atoms with Crippen molar-refractivity contribution >= 4 is 11.8 Å². The summed E-state index contributed by atoms with van der Waals surface area (Å²) in [6, 6.07) is 9.24. The lowest BCUT2D eigenvalue weighted by molar-refractivity contribution is -0.133. The molecule has 2 amide bonds. The van der Waals surface area contributed by atoms with Crippen LogP contribution < -0.4 is 0 Å². The first-order valence-electron chi connectivity index (χ1n) is 10.5. The van der Waals surface area contributed by atoms with E-state index in [4.69, 9.17) is 9.47 Å². The molecule has 8 heteroatoms. The van der Waals surface area contributed by atoms with Crippen molar-refractivity contribution in [3.8, 4) is 0 Å². The van der Waals surface area contributed by atoms with Crippen LogP contribution in [-0.4, -0.2) is 72.7 Å². The second-order valence-corrected chi connectivity index (χ2v) is 7.20. The molecule has 31 heavy (non-hydrogen) atoms. The number of benzene rings is 1. The molecule has 0 atom stereocenters. The van der Waals surface area contributed by atoms with E-state index in [9.17, 15) is 14.0 Å². The Morgan fingerprint density at radius 3 is 2.42 bits per heavy atom. The fourth-order valence-corrected chi connectivity index (χ4v) is 3.14. The zero-order valence-corrected chi connectivity index (χ0v) is 18.6. The van der Waals surface area contributed by atoms with E-state index in [0.717, 1.165) is 5.69 Å². The number of amides is 2. The number of nitrogens with zero attached hydrogens (tertiary/aromatic N) is 3. The molecule has 0 unspecified atom stereocenters. The molecule has 170 valence electrons. The van der Waals surface area contributed by atoms with Crippen LogP contribution in [0.25, 0.3) is 0 Å². The third-order valence-corrected chi connectivity index (χ3v) is 4.95. The maximum absolute atomic E-state index is 13.3. The van der Waals surface area contributed by atoms with E-state index < -0.39 is 5.82 Å². The first-order chi connectivity index (χ1) is 15.0. The number of methoxy groups -OCH3 is 1. The van der Waals surface area contributed by atoms with E-state index in [2.05, 4.69) is 0 Å². The Morgan fingerprint density at radius 1 is 1.06 bits per heavy atom. The highest BCUT2D eigenvalue weighted by Gasteiger charge is 2.23. The van der Waals surface area contributed by atoms with Crippen molar-refractivity contribution in [2.75, 3.05) is 46.6 Å². The third kappa shape index (κ3) is 7.80. The van der Waals surface area contributed by atoms with E-state index in [1.807, 2.05) is 36.9 Å². The number of aromatic nitrogens is 1. The van der Waals surface area contributed by atoms with Crippen LogP contribution in [0.1, 0.15) is 29.4 Å². The van der Waals surface area contributed by atoms with Crippen LogP contribution in [-0.2, 0) is 27.9 Å². The van der Waals surface area contributed by atoms with Crippen LogP contribution in [0.3, 0.4) is 0 Å². The van der Waals surface area contributed by atoms with E-state index in [-0.39, 0.29) is 18.4 Å². The lowest BCUT2D eigenvalue weighted by Gasteiger charge is -2.28. The Morgan fingerprint density at radius 2 is 1.81 bits per heavy atom. The van der Waals surface area contributed by atoms with Crippen molar-refractivity contribution in [1.82, 2.24) is 14.4 Å². The summed E-state index contributed by atoms with van der Waals surface area (Å²) in [4.78, 5) is 29.4. The lowest BCUT2D eigenvalue weighted by Crippen LogP contribution is -2.44. The molecule has 0 N–H and O–H groups in total. The fourth-order valence-electron chi connectivity index (χ4n) is 3.14. The summed E-state index contributed by atoms with van der Waals surface area (Å²) in [6.07, 6.45) is 2.52. The van der Waals surface area contributed by atoms with Gasteiger partial charge < -0.3 is 23.8 Å². The summed E-state index contributed by atoms with van der Waals surface area (Å²) in [5.41, 5.74) is 1.33. The van der Waals surface area contributed by atoms with Crippen LogP contribution in [0.4, 0.5) is 4.39 Å². The molecule has 0 spiro atoms. The molecule has 1 aromatic heterocycles. The summed E-state index contributed by atoms with van der Waals surface area (Å²) in [5.74, 6) is -0.899. The number of hydrogen-bond acceptors (Lipinski definition) is 4. The second-order valence-electron chi connectivity index (χ2n) is 7.20. The number of carbonyl (C=O) groups is 2. The van der Waals surface area contributed by atoms with Crippen LogP contribution in [0, 0.1) is 5.82 Å². The fraction of sp³-hybridized carbons (Fsp3) is 0.478. The predicted molar refractivity (Wildman–Crippen MR) is 116 cm³/mol. The minimum Gasteiger partial charge on any atom is -0.383 e. The van der Waals surface area contributed by atoms with E-state index in [1.54, 1.807) is 12.0 Å². The molecule has 1 aromatic carbocycles. The first-order valence-corrected chi connectivity index (χ1v) is 10.5. The third-order valence-electron chi connectivity index (χ3n) is 4.95. The summed E-state index contributed by atoms with van der Waals surface area (Å²) < 4.78 is 25.8. The normalized spacial score (nSPS) is 10.8. The summed E-state index contributed by atoms with van der Waals surface area (Å²) >= 11 is 0. The van der Waals surface area contributed by atoms with Gasteiger partial charge in [-0.15, -0.1) is 0 Å². The van der Waals surface area contributed by atoms with Crippen LogP contribution in [0.15, 0.2) is 42.6 Å². The Kier molecular flexibility index (Phi) is 10.2. The van der Waals surface area contributed by atoms with Gasteiger partial charge in [-0.3, -0.25) is 9.59 Å². The monoisotopic (exact) mass is 433 g/mol. The first kappa shape index (κ1) is 24.6. The van der Waals surface area contributed by atoms with Gasteiger partial charge in [-0.1, -0.05) is 0 Å². The molecule has 0 saturated heterocycles. The lowest BCUT2D eigenvalue weighted by atomic mass is 10.2. The standard InChI is InChI=1S/C23H32FN3O4/c1-4-31-15-6-13-27(23(29)19-8-10-20(24)11-9-19)18-22(28)26(14-16-30-3)17-21-7-5-12-25(21)2/h5,7-12H,4,6,13-18H2,1-3H3. The second kappa shape index (κ2) is 12.9. The molecule has 7 nitrogen and oxygen atoms in total. The van der Waals surface area contributed by atoms with Crippen LogP contribution >= 0.6 is 0 Å². The number of ether oxygens (including phenoxy) is 2. The van der Waals surface area contributed by atoms with E-state index >= 15 is 0 Å². The van der Waals surface area contributed by atoms with Crippen molar-refractivity contribution in [2.24, 2.45) is 7.05 Å². The average molecular weight is 434 g/mol. The van der Waals surface area contributed by atoms with Gasteiger partial charge in [0.1, 0.15) is 12.4 Å². The highest BCUT2D eigenvalue weighted by molar-refractivity contribution is 5.96. The van der Waals surface area contributed by atoms with Crippen LogP contribution in [0.5, 0.6) is 0 Å². The SMILES string of the molecule is CCOCCCN(CC(=O)N(CCOC)Cc1cccn1C)C(=O)c1ccc(F)cc1. The average Bonchev–Trinajstić information content (AvgIpc) is 3.17. The molecule has 0 aliphatic rings. The maximum Gasteiger partial charge on any atom is 0.254 e.